The van der Waals surface area contributed by atoms with Gasteiger partial charge < -0.3 is 11.1 Å². The number of nitrogens with zero attached hydrogens (tertiary/aromatic N) is 1. The van der Waals surface area contributed by atoms with Crippen LogP contribution in [0.25, 0.3) is 0 Å². The molecule has 1 saturated carbocycles. The molecule has 0 radical (unpaired) electrons. The number of carbonyl (C=O) groups is 1. The Labute approximate surface area is 108 Å². The number of hydrogen-bond acceptors (Lipinski definition) is 3. The molecule has 5 heteroatoms. The van der Waals surface area contributed by atoms with Crippen molar-refractivity contribution in [3.8, 4) is 0 Å². The molecule has 1 aromatic rings. The lowest BCUT2D eigenvalue weighted by Crippen LogP contribution is -2.40. The van der Waals surface area contributed by atoms with Crippen LogP contribution >= 0.6 is 0 Å². The van der Waals surface area contributed by atoms with Crippen molar-refractivity contribution in [1.29, 1.82) is 0 Å². The summed E-state index contributed by atoms with van der Waals surface area (Å²) in [5.41, 5.74) is 7.02. The summed E-state index contributed by atoms with van der Waals surface area (Å²) < 4.78 is 0. The molecule has 1 amide bonds. The fraction of sp³-hybridized carbons (Fsp3) is 0.692. The number of nitrogens with one attached hydrogen (secondary N) is 2. The van der Waals surface area contributed by atoms with Gasteiger partial charge in [-0.2, -0.15) is 5.10 Å². The van der Waals surface area contributed by atoms with Crippen LogP contribution in [-0.2, 0) is 4.79 Å². The summed E-state index contributed by atoms with van der Waals surface area (Å²) in [6, 6.07) is 1.87. The van der Waals surface area contributed by atoms with Crippen molar-refractivity contribution in [3.63, 3.8) is 0 Å². The number of nitrogens with two attached hydrogens (primary N) is 1. The van der Waals surface area contributed by atoms with Gasteiger partial charge in [-0.15, -0.1) is 0 Å². The van der Waals surface area contributed by atoms with Crippen LogP contribution in [0.4, 0.5) is 5.82 Å². The molecule has 2 rings (SSSR count). The largest absolute Gasteiger partial charge is 0.327 e. The highest BCUT2D eigenvalue weighted by Crippen LogP contribution is 2.24. The summed E-state index contributed by atoms with van der Waals surface area (Å²) >= 11 is 0. The Morgan fingerprint density at radius 2 is 2.22 bits per heavy atom. The average Bonchev–Trinajstić information content (AvgIpc) is 2.78. The van der Waals surface area contributed by atoms with E-state index >= 15 is 0 Å². The van der Waals surface area contributed by atoms with Crippen LogP contribution in [0, 0.1) is 5.92 Å². The molecule has 1 fully saturated rings. The van der Waals surface area contributed by atoms with Gasteiger partial charge in [-0.3, -0.25) is 9.89 Å². The van der Waals surface area contributed by atoms with E-state index < -0.39 is 0 Å². The van der Waals surface area contributed by atoms with E-state index in [9.17, 15) is 4.79 Å². The van der Waals surface area contributed by atoms with Gasteiger partial charge in [0.15, 0.2) is 5.82 Å². The molecule has 2 unspecified atom stereocenters. The Bertz CT molecular complexity index is 413. The fourth-order valence-electron chi connectivity index (χ4n) is 2.40. The number of anilines is 1. The van der Waals surface area contributed by atoms with Gasteiger partial charge in [0, 0.05) is 17.8 Å². The molecule has 4 N–H and O–H groups in total. The van der Waals surface area contributed by atoms with E-state index in [2.05, 4.69) is 29.4 Å². The lowest BCUT2D eigenvalue weighted by molar-refractivity contribution is -0.121. The number of aromatic nitrogens is 2. The average molecular weight is 250 g/mol. The number of hydrogen-bond donors (Lipinski definition) is 3. The van der Waals surface area contributed by atoms with Crippen LogP contribution in [0.15, 0.2) is 6.07 Å². The first kappa shape index (κ1) is 13.1. The predicted octanol–water partition coefficient (Wildman–Crippen LogP) is 1.99. The third-order valence-corrected chi connectivity index (χ3v) is 3.63. The molecule has 0 spiro atoms. The molecule has 0 aromatic carbocycles. The molecule has 1 heterocycles. The summed E-state index contributed by atoms with van der Waals surface area (Å²) in [6.45, 7) is 4.16. The molecule has 5 nitrogen and oxygen atoms in total. The monoisotopic (exact) mass is 250 g/mol. The minimum atomic E-state index is -0.0713. The molecule has 2 atom stereocenters. The molecule has 1 aromatic heterocycles. The Morgan fingerprint density at radius 1 is 1.50 bits per heavy atom. The number of carbonyl (C=O) groups excluding carboxylic acids is 1. The van der Waals surface area contributed by atoms with E-state index in [-0.39, 0.29) is 17.9 Å². The van der Waals surface area contributed by atoms with Crippen molar-refractivity contribution >= 4 is 11.7 Å². The van der Waals surface area contributed by atoms with Gasteiger partial charge >= 0.3 is 0 Å². The standard InChI is InChI=1S/C13H22N4O/c1-8(2)11-7-12(17-16-11)15-13(18)9-5-3-4-6-10(9)14/h7-10H,3-6,14H2,1-2H3,(H2,15,16,17,18). The van der Waals surface area contributed by atoms with E-state index in [4.69, 9.17) is 5.73 Å². The second-order valence-corrected chi connectivity index (χ2v) is 5.41. The van der Waals surface area contributed by atoms with Gasteiger partial charge in [0.25, 0.3) is 0 Å². The maximum Gasteiger partial charge on any atom is 0.230 e. The van der Waals surface area contributed by atoms with Gasteiger partial charge in [-0.05, 0) is 18.8 Å². The second kappa shape index (κ2) is 5.52. The van der Waals surface area contributed by atoms with E-state index in [1.165, 1.54) is 0 Å². The van der Waals surface area contributed by atoms with Gasteiger partial charge in [0.05, 0.1) is 5.92 Å². The maximum atomic E-state index is 12.1. The third-order valence-electron chi connectivity index (χ3n) is 3.63. The Morgan fingerprint density at radius 3 is 2.83 bits per heavy atom. The van der Waals surface area contributed by atoms with Crippen molar-refractivity contribution in [1.82, 2.24) is 10.2 Å². The van der Waals surface area contributed by atoms with E-state index in [0.29, 0.717) is 11.7 Å². The SMILES string of the molecule is CC(C)c1cc(NC(=O)C2CCCCC2N)n[nH]1. The van der Waals surface area contributed by atoms with Crippen LogP contribution in [0.5, 0.6) is 0 Å². The van der Waals surface area contributed by atoms with E-state index in [1.54, 1.807) is 0 Å². The summed E-state index contributed by atoms with van der Waals surface area (Å²) in [4.78, 5) is 12.1. The third kappa shape index (κ3) is 2.90. The highest BCUT2D eigenvalue weighted by atomic mass is 16.2. The Kier molecular flexibility index (Phi) is 4.01. The molecule has 0 aliphatic heterocycles. The van der Waals surface area contributed by atoms with Gasteiger partial charge in [-0.1, -0.05) is 26.7 Å². The van der Waals surface area contributed by atoms with Crippen molar-refractivity contribution < 1.29 is 4.79 Å². The van der Waals surface area contributed by atoms with Crippen molar-refractivity contribution in [2.24, 2.45) is 11.7 Å². The molecule has 1 aliphatic carbocycles. The molecule has 100 valence electrons. The maximum absolute atomic E-state index is 12.1. The van der Waals surface area contributed by atoms with E-state index in [1.807, 2.05) is 6.07 Å². The van der Waals surface area contributed by atoms with Crippen molar-refractivity contribution in [2.45, 2.75) is 51.5 Å². The van der Waals surface area contributed by atoms with Crippen LogP contribution in [0.1, 0.15) is 51.1 Å². The number of H-pyrrole nitrogens is 1. The number of aromatic amines is 1. The first-order chi connectivity index (χ1) is 8.58. The summed E-state index contributed by atoms with van der Waals surface area (Å²) in [7, 11) is 0. The first-order valence-electron chi connectivity index (χ1n) is 6.69. The minimum absolute atomic E-state index is 0.00371. The highest BCUT2D eigenvalue weighted by molar-refractivity contribution is 5.92. The fourth-order valence-corrected chi connectivity index (χ4v) is 2.40. The van der Waals surface area contributed by atoms with Crippen LogP contribution in [0.2, 0.25) is 0 Å². The first-order valence-corrected chi connectivity index (χ1v) is 6.69. The smallest absolute Gasteiger partial charge is 0.230 e. The summed E-state index contributed by atoms with van der Waals surface area (Å²) in [6.07, 6.45) is 4.04. The molecular formula is C13H22N4O. The zero-order valence-electron chi connectivity index (χ0n) is 11.1. The van der Waals surface area contributed by atoms with Crippen LogP contribution in [-0.4, -0.2) is 22.1 Å². The molecular weight excluding hydrogens is 228 g/mol. The normalized spacial score (nSPS) is 24.2. The predicted molar refractivity (Wildman–Crippen MR) is 71.2 cm³/mol. The Balaban J connectivity index is 1.97. The summed E-state index contributed by atoms with van der Waals surface area (Å²) in [5.74, 6) is 0.906. The quantitative estimate of drug-likeness (QED) is 0.767. The lowest BCUT2D eigenvalue weighted by atomic mass is 9.84. The van der Waals surface area contributed by atoms with E-state index in [0.717, 1.165) is 31.4 Å². The topological polar surface area (TPSA) is 83.8 Å². The second-order valence-electron chi connectivity index (χ2n) is 5.41. The van der Waals surface area contributed by atoms with Crippen LogP contribution in [0.3, 0.4) is 0 Å². The van der Waals surface area contributed by atoms with Crippen LogP contribution < -0.4 is 11.1 Å². The van der Waals surface area contributed by atoms with Gasteiger partial charge in [0.1, 0.15) is 0 Å². The van der Waals surface area contributed by atoms with Crippen molar-refractivity contribution in [3.05, 3.63) is 11.8 Å². The molecule has 0 saturated heterocycles. The zero-order valence-corrected chi connectivity index (χ0v) is 11.1. The molecule has 18 heavy (non-hydrogen) atoms. The molecule has 1 aliphatic rings. The highest BCUT2D eigenvalue weighted by Gasteiger charge is 2.28. The number of rotatable bonds is 3. The number of amides is 1. The lowest BCUT2D eigenvalue weighted by Gasteiger charge is -2.26. The molecule has 0 bridgehead atoms. The Hall–Kier alpha value is -1.36. The van der Waals surface area contributed by atoms with Gasteiger partial charge in [0.2, 0.25) is 5.91 Å². The zero-order chi connectivity index (χ0) is 13.1. The minimum Gasteiger partial charge on any atom is -0.327 e. The van der Waals surface area contributed by atoms with Crippen molar-refractivity contribution in [2.75, 3.05) is 5.32 Å². The summed E-state index contributed by atoms with van der Waals surface area (Å²) in [5, 5.41) is 9.88. The van der Waals surface area contributed by atoms with Gasteiger partial charge in [-0.25, -0.2) is 0 Å².